The van der Waals surface area contributed by atoms with Crippen molar-refractivity contribution in [3.63, 3.8) is 0 Å². The zero-order valence-corrected chi connectivity index (χ0v) is 22.6. The van der Waals surface area contributed by atoms with Crippen LogP contribution in [0.15, 0.2) is 66.4 Å². The van der Waals surface area contributed by atoms with Crippen LogP contribution in [0, 0.1) is 29.1 Å². The first-order chi connectivity index (χ1) is 18.6. The van der Waals surface area contributed by atoms with Gasteiger partial charge in [0, 0.05) is 17.9 Å². The van der Waals surface area contributed by atoms with Gasteiger partial charge in [0.25, 0.3) is 0 Å². The van der Waals surface area contributed by atoms with Crippen LogP contribution in [0.2, 0.25) is 0 Å². The van der Waals surface area contributed by atoms with Crippen molar-refractivity contribution in [2.45, 2.75) is 58.3 Å². The molecule has 1 aromatic carbocycles. The number of benzene rings is 1. The molecule has 2 saturated heterocycles. The maximum Gasteiger partial charge on any atom is 0.235 e. The largest absolute Gasteiger partial charge is 0.663 e. The molecular weight excluding hydrogens is 492 g/mol. The predicted molar refractivity (Wildman–Crippen MR) is 146 cm³/mol. The van der Waals surface area contributed by atoms with Gasteiger partial charge in [-0.15, -0.1) is 5.52 Å². The molecule has 1 amide bonds. The van der Waals surface area contributed by atoms with E-state index in [1.165, 1.54) is 0 Å². The average molecular weight is 526 g/mol. The zero-order chi connectivity index (χ0) is 27.7. The number of epoxide rings is 1. The highest BCUT2D eigenvalue weighted by Crippen LogP contribution is 2.66. The van der Waals surface area contributed by atoms with Crippen molar-refractivity contribution in [3.05, 3.63) is 72.0 Å². The lowest BCUT2D eigenvalue weighted by molar-refractivity contribution is -0.145. The van der Waals surface area contributed by atoms with Crippen LogP contribution in [-0.2, 0) is 30.3 Å². The Balaban J connectivity index is 1.47. The van der Waals surface area contributed by atoms with Crippen molar-refractivity contribution in [2.75, 3.05) is 0 Å². The molecule has 2 aromatic rings. The van der Waals surface area contributed by atoms with Crippen molar-refractivity contribution in [3.8, 4) is 0 Å². The number of fused-ring (bicyclic) bond motifs is 3. The minimum Gasteiger partial charge on any atom is -0.663 e. The lowest BCUT2D eigenvalue weighted by Crippen LogP contribution is -2.58. The molecule has 39 heavy (non-hydrogen) atoms. The highest BCUT2D eigenvalue weighted by Gasteiger charge is 2.78. The number of ether oxygens (including phenoxy) is 1. The highest BCUT2D eigenvalue weighted by molar-refractivity contribution is 6.47. The van der Waals surface area contributed by atoms with Gasteiger partial charge < -0.3 is 15.0 Å². The molecule has 7 nitrogen and oxygen atoms in total. The molecule has 1 aromatic heterocycles. The fourth-order valence-electron chi connectivity index (χ4n) is 7.51. The summed E-state index contributed by atoms with van der Waals surface area (Å²) in [5.41, 5.74) is 0.346. The summed E-state index contributed by atoms with van der Waals surface area (Å²) >= 11 is 0. The van der Waals surface area contributed by atoms with Crippen molar-refractivity contribution < 1.29 is 23.9 Å². The lowest BCUT2D eigenvalue weighted by atomic mass is 9.51. The molecule has 0 bridgehead atoms. The van der Waals surface area contributed by atoms with Crippen molar-refractivity contribution in [1.82, 2.24) is 10.3 Å². The SMILES string of the molecule is C/C1=C/[C@@H](C)C/C=C\[C@H]2[C@@H]3O[C@]3(C)[C@@H](C)[C@H]3[C@H](Cc4c[n-]c5ccccc45)NC(=O)[C@]32C(=O)/C=C\C(=O)C1=O. The summed E-state index contributed by atoms with van der Waals surface area (Å²) in [6.07, 6.45) is 10.6. The molecule has 202 valence electrons. The number of Topliss-reactive ketones (excluding diaryl/α,β-unsaturated/α-hetero) is 1. The number of aromatic nitrogens is 1. The maximum atomic E-state index is 14.2. The number of allylic oxidation sites excluding steroid dienone is 5. The third-order valence-electron chi connectivity index (χ3n) is 9.65. The number of carbonyl (C=O) groups is 4. The van der Waals surface area contributed by atoms with E-state index in [-0.39, 0.29) is 35.8 Å². The number of para-hydroxylation sites is 1. The standard InChI is InChI=1S/C32H33N2O5/c1-17-8-7-10-22-29-31(4,39-29)19(3)27-24(15-20-16-33-23-11-6-5-9-21(20)23)34-30(38)32(22,27)26(36)13-12-25(35)28(37)18(2)14-17/h5-7,9-14,16-17,19,22,24,27,29H,8,15H2,1-4H3,(H,34,38)/q-1/b10-7-,13-12-,18-14-/t17-,19-,22-,24-,27-,29-,31+,32+/m0/s1. The van der Waals surface area contributed by atoms with Crippen molar-refractivity contribution >= 4 is 34.2 Å². The zero-order valence-electron chi connectivity index (χ0n) is 22.6. The van der Waals surface area contributed by atoms with Gasteiger partial charge in [0.2, 0.25) is 17.5 Å². The monoisotopic (exact) mass is 525 g/mol. The van der Waals surface area contributed by atoms with Crippen LogP contribution in [-0.4, -0.2) is 41.0 Å². The van der Waals surface area contributed by atoms with E-state index in [9.17, 15) is 19.2 Å². The minimum absolute atomic E-state index is 0.00229. The normalized spacial score (nSPS) is 41.2. The van der Waals surface area contributed by atoms with Gasteiger partial charge in [0.1, 0.15) is 5.41 Å². The molecule has 7 heteroatoms. The molecule has 2 aliphatic carbocycles. The summed E-state index contributed by atoms with van der Waals surface area (Å²) in [6.45, 7) is 7.72. The molecule has 0 unspecified atom stereocenters. The van der Waals surface area contributed by atoms with E-state index in [4.69, 9.17) is 4.74 Å². The summed E-state index contributed by atoms with van der Waals surface area (Å²) in [7, 11) is 0. The van der Waals surface area contributed by atoms with Crippen LogP contribution in [0.1, 0.15) is 39.7 Å². The van der Waals surface area contributed by atoms with Gasteiger partial charge in [0.15, 0.2) is 5.78 Å². The molecule has 3 heterocycles. The van der Waals surface area contributed by atoms with E-state index in [0.29, 0.717) is 18.4 Å². The van der Waals surface area contributed by atoms with Gasteiger partial charge in [-0.25, -0.2) is 0 Å². The summed E-state index contributed by atoms with van der Waals surface area (Å²) in [5.74, 6) is -3.19. The van der Waals surface area contributed by atoms with E-state index in [1.807, 2.05) is 49.5 Å². The number of nitrogens with zero attached hydrogens (tertiary/aromatic N) is 1. The van der Waals surface area contributed by atoms with Crippen LogP contribution in [0.3, 0.4) is 0 Å². The first-order valence-electron chi connectivity index (χ1n) is 13.7. The third-order valence-corrected chi connectivity index (χ3v) is 9.65. The molecular formula is C32H33N2O5-. The number of amides is 1. The second-order valence-corrected chi connectivity index (χ2v) is 11.9. The molecule has 3 fully saturated rings. The molecule has 1 N–H and O–H groups in total. The fraction of sp³-hybridized carbons (Fsp3) is 0.438. The second-order valence-electron chi connectivity index (χ2n) is 11.9. The summed E-state index contributed by atoms with van der Waals surface area (Å²) < 4.78 is 6.31. The molecule has 1 saturated carbocycles. The molecule has 2 aliphatic heterocycles. The van der Waals surface area contributed by atoms with E-state index >= 15 is 0 Å². The average Bonchev–Trinajstić information content (AvgIpc) is 3.31. The molecule has 8 atom stereocenters. The Morgan fingerprint density at radius 2 is 1.87 bits per heavy atom. The van der Waals surface area contributed by atoms with Crippen LogP contribution in [0.4, 0.5) is 0 Å². The number of carbonyl (C=O) groups excluding carboxylic acids is 4. The first kappa shape index (κ1) is 25.7. The van der Waals surface area contributed by atoms with Crippen molar-refractivity contribution in [2.24, 2.45) is 29.1 Å². The van der Waals surface area contributed by atoms with Gasteiger partial charge in [0.05, 0.1) is 11.7 Å². The molecule has 4 aliphatic rings. The Morgan fingerprint density at radius 3 is 2.67 bits per heavy atom. The van der Waals surface area contributed by atoms with Crippen LogP contribution in [0.5, 0.6) is 0 Å². The fourth-order valence-corrected chi connectivity index (χ4v) is 7.51. The minimum atomic E-state index is -1.45. The Labute approximate surface area is 227 Å². The molecule has 6 rings (SSSR count). The smallest absolute Gasteiger partial charge is 0.235 e. The van der Waals surface area contributed by atoms with E-state index in [0.717, 1.165) is 28.6 Å². The number of ketones is 3. The molecule has 0 radical (unpaired) electrons. The van der Waals surface area contributed by atoms with Gasteiger partial charge in [-0.1, -0.05) is 61.9 Å². The van der Waals surface area contributed by atoms with E-state index in [2.05, 4.69) is 24.1 Å². The summed E-state index contributed by atoms with van der Waals surface area (Å²) in [4.78, 5) is 58.2. The third kappa shape index (κ3) is 3.73. The number of hydrogen-bond donors (Lipinski definition) is 1. The van der Waals surface area contributed by atoms with Gasteiger partial charge in [-0.3, -0.25) is 19.2 Å². The van der Waals surface area contributed by atoms with Crippen LogP contribution >= 0.6 is 0 Å². The summed E-state index contributed by atoms with van der Waals surface area (Å²) in [6, 6.07) is 7.56. The van der Waals surface area contributed by atoms with E-state index in [1.54, 1.807) is 13.0 Å². The molecule has 1 spiro atoms. The van der Waals surface area contributed by atoms with Crippen molar-refractivity contribution in [1.29, 1.82) is 0 Å². The lowest BCUT2D eigenvalue weighted by Gasteiger charge is -2.45. The van der Waals surface area contributed by atoms with Crippen LogP contribution in [0.25, 0.3) is 10.9 Å². The Hall–Kier alpha value is -3.58. The predicted octanol–water partition coefficient (Wildman–Crippen LogP) is 3.67. The number of rotatable bonds is 2. The van der Waals surface area contributed by atoms with E-state index < -0.39 is 34.3 Å². The quantitative estimate of drug-likeness (QED) is 0.278. The highest BCUT2D eigenvalue weighted by atomic mass is 16.6. The second kappa shape index (κ2) is 8.98. The Morgan fingerprint density at radius 1 is 1.10 bits per heavy atom. The Bertz CT molecular complexity index is 1500. The van der Waals surface area contributed by atoms with Gasteiger partial charge in [-0.05, 0) is 61.6 Å². The topological polar surface area (TPSA) is 107 Å². The van der Waals surface area contributed by atoms with Gasteiger partial charge >= 0.3 is 0 Å². The number of nitrogens with one attached hydrogen (secondary N) is 1. The van der Waals surface area contributed by atoms with Crippen LogP contribution < -0.4 is 10.3 Å². The Kier molecular flexibility index (Phi) is 5.92. The summed E-state index contributed by atoms with van der Waals surface area (Å²) in [5, 5.41) is 4.22. The van der Waals surface area contributed by atoms with Gasteiger partial charge in [-0.2, -0.15) is 6.20 Å². The maximum absolute atomic E-state index is 14.2. The first-order valence-corrected chi connectivity index (χ1v) is 13.7. The number of hydrogen-bond acceptors (Lipinski definition) is 5.